The second kappa shape index (κ2) is 6.56. The number of thiazole rings is 1. The number of fused-ring (bicyclic) bond motifs is 1. The summed E-state index contributed by atoms with van der Waals surface area (Å²) in [6.45, 7) is 3.65. The zero-order valence-electron chi connectivity index (χ0n) is 13.2. The van der Waals surface area contributed by atoms with Crippen LogP contribution >= 0.6 is 11.3 Å². The molecule has 1 N–H and O–H groups in total. The Balaban J connectivity index is 1.26. The summed E-state index contributed by atoms with van der Waals surface area (Å²) in [6, 6.07) is 0.596. The van der Waals surface area contributed by atoms with Crippen LogP contribution in [-0.4, -0.2) is 43.0 Å². The predicted octanol–water partition coefficient (Wildman–Crippen LogP) is 2.49. The quantitative estimate of drug-likeness (QED) is 0.925. The number of nitrogens with zero attached hydrogens (tertiary/aromatic N) is 1. The van der Waals surface area contributed by atoms with Gasteiger partial charge in [0.15, 0.2) is 0 Å². The molecule has 2 saturated heterocycles. The molecule has 0 bridgehead atoms. The van der Waals surface area contributed by atoms with Crippen LogP contribution in [-0.2, 0) is 28.7 Å². The van der Waals surface area contributed by atoms with E-state index in [1.807, 2.05) is 11.3 Å². The monoisotopic (exact) mass is 322 g/mol. The summed E-state index contributed by atoms with van der Waals surface area (Å²) >= 11 is 1.94. The van der Waals surface area contributed by atoms with Gasteiger partial charge in [0, 0.05) is 43.7 Å². The topological polar surface area (TPSA) is 43.4 Å². The number of nitrogens with one attached hydrogen (secondary N) is 1. The van der Waals surface area contributed by atoms with Gasteiger partial charge in [-0.15, -0.1) is 11.3 Å². The van der Waals surface area contributed by atoms with E-state index < -0.39 is 0 Å². The first kappa shape index (κ1) is 15.1. The predicted molar refractivity (Wildman–Crippen MR) is 87.6 cm³/mol. The normalized spacial score (nSPS) is 27.2. The summed E-state index contributed by atoms with van der Waals surface area (Å²) in [6.07, 6.45) is 9.23. The highest BCUT2D eigenvalue weighted by Crippen LogP contribution is 2.34. The molecular formula is C17H26N2O2S. The van der Waals surface area contributed by atoms with Crippen LogP contribution in [0.15, 0.2) is 0 Å². The molecule has 1 aromatic heterocycles. The van der Waals surface area contributed by atoms with Crippen LogP contribution in [0.4, 0.5) is 0 Å². The largest absolute Gasteiger partial charge is 0.381 e. The van der Waals surface area contributed by atoms with Crippen LogP contribution in [0, 0.1) is 0 Å². The molecule has 0 aromatic carbocycles. The van der Waals surface area contributed by atoms with Gasteiger partial charge in [-0.1, -0.05) is 0 Å². The molecule has 1 aromatic rings. The molecule has 1 atom stereocenters. The van der Waals surface area contributed by atoms with Gasteiger partial charge >= 0.3 is 0 Å². The van der Waals surface area contributed by atoms with E-state index in [-0.39, 0.29) is 5.60 Å². The highest BCUT2D eigenvalue weighted by atomic mass is 32.1. The molecule has 2 aliphatic heterocycles. The fraction of sp³-hybridized carbons (Fsp3) is 0.824. The van der Waals surface area contributed by atoms with E-state index in [9.17, 15) is 0 Å². The number of aryl methyl sites for hydroxylation is 2. The minimum absolute atomic E-state index is 0.0938. The van der Waals surface area contributed by atoms with Crippen molar-refractivity contribution in [2.24, 2.45) is 0 Å². The third-order valence-corrected chi connectivity index (χ3v) is 6.53. The van der Waals surface area contributed by atoms with Gasteiger partial charge in [-0.2, -0.15) is 0 Å². The fourth-order valence-corrected chi connectivity index (χ4v) is 5.18. The lowest BCUT2D eigenvalue weighted by Gasteiger charge is -2.43. The molecule has 22 heavy (non-hydrogen) atoms. The third-order valence-electron chi connectivity index (χ3n) is 5.31. The molecule has 4 nitrogen and oxygen atoms in total. The lowest BCUT2D eigenvalue weighted by Crippen LogP contribution is -2.50. The van der Waals surface area contributed by atoms with Crippen LogP contribution < -0.4 is 5.32 Å². The Hall–Kier alpha value is -0.490. The first-order valence-electron chi connectivity index (χ1n) is 8.76. The number of hydrogen-bond acceptors (Lipinski definition) is 5. The lowest BCUT2D eigenvalue weighted by molar-refractivity contribution is -0.140. The highest BCUT2D eigenvalue weighted by Gasteiger charge is 2.38. The van der Waals surface area contributed by atoms with Crippen LogP contribution in [0.2, 0.25) is 0 Å². The summed E-state index contributed by atoms with van der Waals surface area (Å²) in [4.78, 5) is 6.34. The molecule has 0 amide bonds. The third kappa shape index (κ3) is 3.23. The molecule has 1 aliphatic carbocycles. The van der Waals surface area contributed by atoms with Gasteiger partial charge in [0.05, 0.1) is 16.3 Å². The van der Waals surface area contributed by atoms with Gasteiger partial charge in [0.1, 0.15) is 0 Å². The van der Waals surface area contributed by atoms with Gasteiger partial charge in [-0.25, -0.2) is 4.98 Å². The number of aromatic nitrogens is 1. The second-order valence-electron chi connectivity index (χ2n) is 6.87. The van der Waals surface area contributed by atoms with Gasteiger partial charge in [-0.05, 0) is 44.9 Å². The van der Waals surface area contributed by atoms with E-state index in [1.165, 1.54) is 30.0 Å². The zero-order chi connectivity index (χ0) is 14.8. The Morgan fingerprint density at radius 2 is 2.14 bits per heavy atom. The maximum Gasteiger partial charge on any atom is 0.0943 e. The van der Waals surface area contributed by atoms with Crippen molar-refractivity contribution in [3.8, 4) is 0 Å². The first-order valence-corrected chi connectivity index (χ1v) is 9.57. The zero-order valence-corrected chi connectivity index (χ0v) is 14.1. The van der Waals surface area contributed by atoms with Crippen LogP contribution in [0.3, 0.4) is 0 Å². The maximum atomic E-state index is 6.11. The Morgan fingerprint density at radius 3 is 3.00 bits per heavy atom. The molecule has 0 radical (unpaired) electrons. The van der Waals surface area contributed by atoms with Crippen molar-refractivity contribution in [3.63, 3.8) is 0 Å². The van der Waals surface area contributed by atoms with Crippen LogP contribution in [0.25, 0.3) is 0 Å². The maximum absolute atomic E-state index is 6.11. The molecule has 0 saturated carbocycles. The standard InChI is InChI=1S/C17H26N2O2S/c1-2-14-15(3-1)22-16(19-14)4-8-18-13-5-9-21-17(12-13)6-10-20-11-7-17/h13,18H,1-12H2. The van der Waals surface area contributed by atoms with E-state index in [2.05, 4.69) is 5.32 Å². The molecular weight excluding hydrogens is 296 g/mol. The van der Waals surface area contributed by atoms with Gasteiger partial charge < -0.3 is 14.8 Å². The van der Waals surface area contributed by atoms with Gasteiger partial charge in [0.25, 0.3) is 0 Å². The van der Waals surface area contributed by atoms with E-state index >= 15 is 0 Å². The summed E-state index contributed by atoms with van der Waals surface area (Å²) in [5.74, 6) is 0. The molecule has 5 heteroatoms. The summed E-state index contributed by atoms with van der Waals surface area (Å²) in [7, 11) is 0. The van der Waals surface area contributed by atoms with Crippen molar-refractivity contribution in [1.29, 1.82) is 0 Å². The fourth-order valence-electron chi connectivity index (χ4n) is 4.03. The van der Waals surface area contributed by atoms with E-state index in [0.717, 1.165) is 58.5 Å². The molecule has 3 heterocycles. The van der Waals surface area contributed by atoms with Crippen molar-refractivity contribution in [2.75, 3.05) is 26.4 Å². The van der Waals surface area contributed by atoms with Gasteiger partial charge in [0.2, 0.25) is 0 Å². The summed E-state index contributed by atoms with van der Waals surface area (Å²) in [5.41, 5.74) is 1.48. The highest BCUT2D eigenvalue weighted by molar-refractivity contribution is 7.11. The molecule has 122 valence electrons. The molecule has 1 unspecified atom stereocenters. The lowest BCUT2D eigenvalue weighted by atomic mass is 9.84. The Morgan fingerprint density at radius 1 is 1.23 bits per heavy atom. The smallest absolute Gasteiger partial charge is 0.0943 e. The van der Waals surface area contributed by atoms with Crippen molar-refractivity contribution in [2.45, 2.75) is 63.0 Å². The first-order chi connectivity index (χ1) is 10.8. The van der Waals surface area contributed by atoms with Gasteiger partial charge in [-0.3, -0.25) is 0 Å². The molecule has 2 fully saturated rings. The van der Waals surface area contributed by atoms with Crippen LogP contribution in [0.1, 0.15) is 47.7 Å². The van der Waals surface area contributed by atoms with Crippen LogP contribution in [0.5, 0.6) is 0 Å². The number of hydrogen-bond donors (Lipinski definition) is 1. The SMILES string of the molecule is C1Cc2nc(CCNC3CCOC4(CCOCC4)C3)sc2C1. The molecule has 3 aliphatic rings. The Kier molecular flexibility index (Phi) is 4.49. The average molecular weight is 322 g/mol. The van der Waals surface area contributed by atoms with Crippen molar-refractivity contribution in [1.82, 2.24) is 10.3 Å². The van der Waals surface area contributed by atoms with Crippen molar-refractivity contribution >= 4 is 11.3 Å². The number of rotatable bonds is 4. The minimum atomic E-state index is 0.0938. The molecule has 4 rings (SSSR count). The van der Waals surface area contributed by atoms with Crippen molar-refractivity contribution < 1.29 is 9.47 Å². The minimum Gasteiger partial charge on any atom is -0.381 e. The van der Waals surface area contributed by atoms with Crippen molar-refractivity contribution in [3.05, 3.63) is 15.6 Å². The Bertz CT molecular complexity index is 484. The van der Waals surface area contributed by atoms with E-state index in [0.29, 0.717) is 6.04 Å². The Labute approximate surface area is 136 Å². The van der Waals surface area contributed by atoms with E-state index in [4.69, 9.17) is 14.5 Å². The summed E-state index contributed by atoms with van der Waals surface area (Å²) in [5, 5.41) is 5.08. The molecule has 1 spiro atoms. The van der Waals surface area contributed by atoms with E-state index in [1.54, 1.807) is 4.88 Å². The second-order valence-corrected chi connectivity index (χ2v) is 8.04. The average Bonchev–Trinajstić information content (AvgIpc) is 3.09. The summed E-state index contributed by atoms with van der Waals surface area (Å²) < 4.78 is 11.6. The number of ether oxygens (including phenoxy) is 2.